The summed E-state index contributed by atoms with van der Waals surface area (Å²) in [6, 6.07) is 12.0. The number of rotatable bonds is 7. The number of carbonyl (C=O) groups is 1. The number of ether oxygens (including phenoxy) is 1. The van der Waals surface area contributed by atoms with Gasteiger partial charge in [0.15, 0.2) is 15.0 Å². The first-order valence-corrected chi connectivity index (χ1v) is 11.0. The van der Waals surface area contributed by atoms with Gasteiger partial charge in [0, 0.05) is 0 Å². The molecular weight excluding hydrogens is 384 g/mol. The first-order chi connectivity index (χ1) is 12.9. The van der Waals surface area contributed by atoms with Gasteiger partial charge in [-0.1, -0.05) is 30.4 Å². The van der Waals surface area contributed by atoms with Crippen molar-refractivity contribution in [3.05, 3.63) is 48.0 Å². The minimum atomic E-state index is -3.23. The van der Waals surface area contributed by atoms with Crippen molar-refractivity contribution in [1.82, 2.24) is 4.98 Å². The summed E-state index contributed by atoms with van der Waals surface area (Å²) < 4.78 is 30.1. The molecule has 1 heterocycles. The molecule has 142 valence electrons. The number of benzene rings is 2. The number of nitrogens with zero attached hydrogens (tertiary/aromatic N) is 1. The molecule has 2 aromatic carbocycles. The Balaban J connectivity index is 1.68. The standard InChI is InChI=1S/C19H20N2O4S2/c1-3-25-14-7-10-16-17(12-14)26-19(20-16)21-18(22)11-13-5-8-15(9-6-13)27(23,24)4-2/h5-10,12H,3-4,11H2,1-2H3,(H,20,21,22). The van der Waals surface area contributed by atoms with E-state index in [1.807, 2.05) is 25.1 Å². The van der Waals surface area contributed by atoms with E-state index in [1.165, 1.54) is 23.5 Å². The third-order valence-electron chi connectivity index (χ3n) is 3.94. The Labute approximate surface area is 162 Å². The van der Waals surface area contributed by atoms with Gasteiger partial charge < -0.3 is 10.1 Å². The number of amides is 1. The zero-order chi connectivity index (χ0) is 19.4. The fraction of sp³-hybridized carbons (Fsp3) is 0.263. The minimum absolute atomic E-state index is 0.0510. The van der Waals surface area contributed by atoms with E-state index in [4.69, 9.17) is 4.74 Å². The first-order valence-electron chi connectivity index (χ1n) is 8.56. The van der Waals surface area contributed by atoms with Gasteiger partial charge in [0.1, 0.15) is 5.75 Å². The Morgan fingerprint density at radius 3 is 2.56 bits per heavy atom. The van der Waals surface area contributed by atoms with Crippen molar-refractivity contribution in [2.75, 3.05) is 17.7 Å². The lowest BCUT2D eigenvalue weighted by Crippen LogP contribution is -2.14. The SMILES string of the molecule is CCOc1ccc2nc(NC(=O)Cc3ccc(S(=O)(=O)CC)cc3)sc2c1. The van der Waals surface area contributed by atoms with Crippen molar-refractivity contribution in [2.45, 2.75) is 25.2 Å². The van der Waals surface area contributed by atoms with E-state index in [-0.39, 0.29) is 23.0 Å². The molecule has 0 spiro atoms. The van der Waals surface area contributed by atoms with Gasteiger partial charge in [0.25, 0.3) is 0 Å². The van der Waals surface area contributed by atoms with E-state index in [0.717, 1.165) is 21.5 Å². The average Bonchev–Trinajstić information content (AvgIpc) is 3.03. The van der Waals surface area contributed by atoms with Crippen molar-refractivity contribution in [1.29, 1.82) is 0 Å². The van der Waals surface area contributed by atoms with E-state index in [1.54, 1.807) is 19.1 Å². The molecule has 8 heteroatoms. The summed E-state index contributed by atoms with van der Waals surface area (Å²) in [7, 11) is -3.23. The lowest BCUT2D eigenvalue weighted by molar-refractivity contribution is -0.115. The van der Waals surface area contributed by atoms with Crippen molar-refractivity contribution in [3.8, 4) is 5.75 Å². The maximum atomic E-state index is 12.3. The molecule has 3 aromatic rings. The topological polar surface area (TPSA) is 85.4 Å². The summed E-state index contributed by atoms with van der Waals surface area (Å²) in [4.78, 5) is 17.0. The van der Waals surface area contributed by atoms with Crippen LogP contribution in [0, 0.1) is 0 Å². The van der Waals surface area contributed by atoms with Crippen LogP contribution in [0.3, 0.4) is 0 Å². The highest BCUT2D eigenvalue weighted by Crippen LogP contribution is 2.29. The van der Waals surface area contributed by atoms with Gasteiger partial charge in [0.05, 0.1) is 33.9 Å². The van der Waals surface area contributed by atoms with Gasteiger partial charge in [-0.25, -0.2) is 13.4 Å². The Morgan fingerprint density at radius 1 is 1.15 bits per heavy atom. The van der Waals surface area contributed by atoms with E-state index in [9.17, 15) is 13.2 Å². The molecule has 0 radical (unpaired) electrons. The van der Waals surface area contributed by atoms with Crippen LogP contribution in [0.4, 0.5) is 5.13 Å². The summed E-state index contributed by atoms with van der Waals surface area (Å²) in [6.07, 6.45) is 0.145. The molecule has 1 amide bonds. The quantitative estimate of drug-likeness (QED) is 0.649. The molecule has 1 N–H and O–H groups in total. The van der Waals surface area contributed by atoms with Gasteiger partial charge >= 0.3 is 0 Å². The van der Waals surface area contributed by atoms with Crippen molar-refractivity contribution >= 4 is 42.4 Å². The van der Waals surface area contributed by atoms with Crippen molar-refractivity contribution < 1.29 is 17.9 Å². The fourth-order valence-electron chi connectivity index (χ4n) is 2.55. The lowest BCUT2D eigenvalue weighted by Gasteiger charge is -2.04. The molecular formula is C19H20N2O4S2. The lowest BCUT2D eigenvalue weighted by atomic mass is 10.1. The maximum absolute atomic E-state index is 12.3. The number of hydrogen-bond acceptors (Lipinski definition) is 6. The number of thiazole rings is 1. The van der Waals surface area contributed by atoms with Gasteiger partial charge in [0.2, 0.25) is 5.91 Å². The highest BCUT2D eigenvalue weighted by molar-refractivity contribution is 7.91. The second-order valence-corrected chi connectivity index (χ2v) is 9.16. The number of sulfone groups is 1. The Hall–Kier alpha value is -2.45. The highest BCUT2D eigenvalue weighted by Gasteiger charge is 2.13. The van der Waals surface area contributed by atoms with Gasteiger partial charge in [-0.15, -0.1) is 0 Å². The zero-order valence-corrected chi connectivity index (χ0v) is 16.7. The number of fused-ring (bicyclic) bond motifs is 1. The van der Waals surface area contributed by atoms with Crippen LogP contribution < -0.4 is 10.1 Å². The second kappa shape index (κ2) is 8.06. The van der Waals surface area contributed by atoms with Gasteiger partial charge in [-0.2, -0.15) is 0 Å². The van der Waals surface area contributed by atoms with Gasteiger partial charge in [-0.3, -0.25) is 4.79 Å². The normalized spacial score (nSPS) is 11.5. The first kappa shape index (κ1) is 19.3. The van der Waals surface area contributed by atoms with Crippen LogP contribution in [0.15, 0.2) is 47.4 Å². The van der Waals surface area contributed by atoms with Crippen LogP contribution >= 0.6 is 11.3 Å². The van der Waals surface area contributed by atoms with Gasteiger partial charge in [-0.05, 0) is 42.8 Å². The monoisotopic (exact) mass is 404 g/mol. The number of aromatic nitrogens is 1. The summed E-state index contributed by atoms with van der Waals surface area (Å²) >= 11 is 1.38. The molecule has 1 aromatic heterocycles. The molecule has 0 saturated heterocycles. The predicted octanol–water partition coefficient (Wildman–Crippen LogP) is 3.67. The Morgan fingerprint density at radius 2 is 1.89 bits per heavy atom. The number of hydrogen-bond donors (Lipinski definition) is 1. The van der Waals surface area contributed by atoms with E-state index < -0.39 is 9.84 Å². The summed E-state index contributed by atoms with van der Waals surface area (Å²) in [5, 5.41) is 3.32. The van der Waals surface area contributed by atoms with Crippen LogP contribution in [0.1, 0.15) is 19.4 Å². The van der Waals surface area contributed by atoms with Crippen LogP contribution in [0.5, 0.6) is 5.75 Å². The molecule has 3 rings (SSSR count). The average molecular weight is 405 g/mol. The van der Waals surface area contributed by atoms with E-state index in [0.29, 0.717) is 11.7 Å². The number of nitrogens with one attached hydrogen (secondary N) is 1. The Kier molecular flexibility index (Phi) is 5.76. The van der Waals surface area contributed by atoms with Crippen LogP contribution in [-0.2, 0) is 21.1 Å². The number of carbonyl (C=O) groups excluding carboxylic acids is 1. The molecule has 0 fully saturated rings. The smallest absolute Gasteiger partial charge is 0.230 e. The molecule has 0 saturated carbocycles. The number of anilines is 1. The van der Waals surface area contributed by atoms with Crippen LogP contribution in [0.25, 0.3) is 10.2 Å². The summed E-state index contributed by atoms with van der Waals surface area (Å²) in [5.74, 6) is 0.619. The fourth-order valence-corrected chi connectivity index (χ4v) is 4.34. The highest BCUT2D eigenvalue weighted by atomic mass is 32.2. The molecule has 0 unspecified atom stereocenters. The van der Waals surface area contributed by atoms with Crippen molar-refractivity contribution in [3.63, 3.8) is 0 Å². The van der Waals surface area contributed by atoms with Crippen LogP contribution in [-0.4, -0.2) is 31.7 Å². The molecule has 0 aliphatic carbocycles. The maximum Gasteiger partial charge on any atom is 0.230 e. The van der Waals surface area contributed by atoms with E-state index in [2.05, 4.69) is 10.3 Å². The largest absolute Gasteiger partial charge is 0.494 e. The van der Waals surface area contributed by atoms with Crippen molar-refractivity contribution in [2.24, 2.45) is 0 Å². The molecule has 0 aliphatic rings. The predicted molar refractivity (Wildman–Crippen MR) is 107 cm³/mol. The third kappa shape index (κ3) is 4.64. The molecule has 0 bridgehead atoms. The molecule has 0 aliphatic heterocycles. The molecule has 0 atom stereocenters. The molecule has 6 nitrogen and oxygen atoms in total. The summed E-state index contributed by atoms with van der Waals surface area (Å²) in [6.45, 7) is 4.12. The van der Waals surface area contributed by atoms with Crippen LogP contribution in [0.2, 0.25) is 0 Å². The van der Waals surface area contributed by atoms with E-state index >= 15 is 0 Å². The zero-order valence-electron chi connectivity index (χ0n) is 15.1. The third-order valence-corrected chi connectivity index (χ3v) is 6.63. The second-order valence-electron chi connectivity index (χ2n) is 5.85. The summed E-state index contributed by atoms with van der Waals surface area (Å²) in [5.41, 5.74) is 1.54. The minimum Gasteiger partial charge on any atom is -0.494 e. The molecule has 27 heavy (non-hydrogen) atoms. The Bertz CT molecular complexity index is 1060.